The van der Waals surface area contributed by atoms with Crippen molar-refractivity contribution < 1.29 is 39.1 Å². The van der Waals surface area contributed by atoms with Crippen LogP contribution in [0.5, 0.6) is 0 Å². The van der Waals surface area contributed by atoms with Crippen LogP contribution in [0.25, 0.3) is 11.0 Å². The van der Waals surface area contributed by atoms with Gasteiger partial charge in [0.1, 0.15) is 24.1 Å². The summed E-state index contributed by atoms with van der Waals surface area (Å²) >= 11 is 0. The quantitative estimate of drug-likeness (QED) is 0.206. The van der Waals surface area contributed by atoms with Crippen LogP contribution in [0.3, 0.4) is 0 Å². The van der Waals surface area contributed by atoms with Gasteiger partial charge in [0.2, 0.25) is 5.82 Å². The number of hydrogen-bond acceptors (Lipinski definition) is 10. The lowest BCUT2D eigenvalue weighted by Crippen LogP contribution is -2.39. The van der Waals surface area contributed by atoms with Crippen LogP contribution in [-0.4, -0.2) is 87.8 Å². The van der Waals surface area contributed by atoms with Crippen LogP contribution < -0.4 is 5.32 Å². The topological polar surface area (TPSA) is 192 Å². The lowest BCUT2D eigenvalue weighted by molar-refractivity contribution is -0.104. The van der Waals surface area contributed by atoms with Gasteiger partial charge in [0.25, 0.3) is 0 Å². The fraction of sp³-hybridized carbons (Fsp3) is 0.682. The zero-order chi connectivity index (χ0) is 26.1. The number of aromatic nitrogens is 4. The minimum absolute atomic E-state index is 0.268. The van der Waals surface area contributed by atoms with Crippen LogP contribution in [-0.2, 0) is 14.0 Å². The van der Waals surface area contributed by atoms with E-state index in [1.165, 1.54) is 4.68 Å². The molecule has 2 aliphatic rings. The third-order valence-electron chi connectivity index (χ3n) is 6.57. The Morgan fingerprint density at radius 3 is 2.64 bits per heavy atom. The summed E-state index contributed by atoms with van der Waals surface area (Å²) < 4.78 is 24.1. The maximum atomic E-state index is 11.7. The number of hydrogen-bond donors (Lipinski definition) is 6. The van der Waals surface area contributed by atoms with Crippen LogP contribution in [0.2, 0.25) is 0 Å². The first kappa shape index (κ1) is 26.9. The van der Waals surface area contributed by atoms with Gasteiger partial charge in [0.15, 0.2) is 17.2 Å². The highest BCUT2D eigenvalue weighted by Crippen LogP contribution is 2.51. The van der Waals surface area contributed by atoms with Crippen LogP contribution in [0.1, 0.15) is 58.0 Å². The van der Waals surface area contributed by atoms with Gasteiger partial charge in [0, 0.05) is 12.5 Å². The van der Waals surface area contributed by atoms with Gasteiger partial charge in [-0.25, -0.2) is 14.6 Å². The van der Waals surface area contributed by atoms with Crippen molar-refractivity contribution in [3.05, 3.63) is 12.0 Å². The number of aliphatic hydroxyl groups excluding tert-OH is 3. The molecule has 4 rings (SSSR count). The largest absolute Gasteiger partial charge is 0.393 e. The third-order valence-corrected chi connectivity index (χ3v) is 8.08. The molecule has 36 heavy (non-hydrogen) atoms. The van der Waals surface area contributed by atoms with Crippen LogP contribution in [0.15, 0.2) is 6.20 Å². The first-order valence-electron chi connectivity index (χ1n) is 11.9. The van der Waals surface area contributed by atoms with Crippen molar-refractivity contribution in [2.75, 3.05) is 18.5 Å². The fourth-order valence-electron chi connectivity index (χ4n) is 4.26. The second-order valence-corrected chi connectivity index (χ2v) is 11.3. The first-order valence-corrected chi connectivity index (χ1v) is 13.5. The molecule has 6 N–H and O–H groups in total. The molecule has 5 atom stereocenters. The summed E-state index contributed by atoms with van der Waals surface area (Å²) in [5.41, 5.74) is 0.346. The predicted molar refractivity (Wildman–Crippen MR) is 128 cm³/mol. The Bertz CT molecular complexity index is 1190. The minimum Gasteiger partial charge on any atom is -0.393 e. The monoisotopic (exact) mass is 525 g/mol. The Hall–Kier alpha value is -2.14. The predicted octanol–water partition coefficient (Wildman–Crippen LogP) is 0.464. The summed E-state index contributed by atoms with van der Waals surface area (Å²) in [6, 6.07) is 0.268. The van der Waals surface area contributed by atoms with E-state index in [9.17, 15) is 29.7 Å². The van der Waals surface area contributed by atoms with Crippen LogP contribution >= 0.6 is 7.60 Å². The molecule has 1 aliphatic carbocycles. The van der Waals surface area contributed by atoms with Gasteiger partial charge in [-0.2, -0.15) is 5.10 Å². The van der Waals surface area contributed by atoms with Crippen molar-refractivity contribution in [2.24, 2.45) is 0 Å². The van der Waals surface area contributed by atoms with Gasteiger partial charge in [0.05, 0.1) is 24.8 Å². The zero-order valence-electron chi connectivity index (χ0n) is 20.1. The molecule has 0 bridgehead atoms. The molecule has 0 unspecified atom stereocenters. The maximum absolute atomic E-state index is 11.7. The zero-order valence-corrected chi connectivity index (χ0v) is 21.0. The first-order chi connectivity index (χ1) is 17.1. The second-order valence-electron chi connectivity index (χ2n) is 9.24. The molecular weight excluding hydrogens is 493 g/mol. The molecule has 198 valence electrons. The van der Waals surface area contributed by atoms with Crippen molar-refractivity contribution in [1.82, 2.24) is 19.7 Å². The van der Waals surface area contributed by atoms with E-state index in [0.29, 0.717) is 23.3 Å². The van der Waals surface area contributed by atoms with Gasteiger partial charge in [-0.1, -0.05) is 25.7 Å². The average Bonchev–Trinajstić information content (AvgIpc) is 3.56. The summed E-state index contributed by atoms with van der Waals surface area (Å²) in [6.07, 6.45) is 1.27. The SMILES string of the molecule is CCC#Cc1nc(NC2CCCC2)c2cnn([C@@H]3O[C@H](CO[C@@](C)(CO)P(=O)(O)O)[C@@H](O)[C@H]3O)c2n1. The molecule has 2 fully saturated rings. The van der Waals surface area contributed by atoms with Gasteiger partial charge in [-0.05, 0) is 25.7 Å². The van der Waals surface area contributed by atoms with Gasteiger partial charge >= 0.3 is 7.60 Å². The molecule has 1 saturated heterocycles. The van der Waals surface area contributed by atoms with E-state index in [4.69, 9.17) is 9.47 Å². The van der Waals surface area contributed by atoms with Crippen molar-refractivity contribution in [1.29, 1.82) is 0 Å². The fourth-order valence-corrected chi connectivity index (χ4v) is 4.69. The van der Waals surface area contributed by atoms with Crippen LogP contribution in [0, 0.1) is 11.8 Å². The summed E-state index contributed by atoms with van der Waals surface area (Å²) in [5.74, 6) is 6.72. The number of fused-ring (bicyclic) bond motifs is 1. The number of nitrogens with zero attached hydrogens (tertiary/aromatic N) is 4. The Labute approximate surface area is 208 Å². The molecule has 0 radical (unpaired) electrons. The van der Waals surface area contributed by atoms with Crippen molar-refractivity contribution in [3.8, 4) is 11.8 Å². The molecule has 0 amide bonds. The molecule has 2 aromatic rings. The van der Waals surface area contributed by atoms with E-state index >= 15 is 0 Å². The molecule has 1 aliphatic heterocycles. The molecule has 1 saturated carbocycles. The van der Waals surface area contributed by atoms with E-state index in [1.807, 2.05) is 6.92 Å². The summed E-state index contributed by atoms with van der Waals surface area (Å²) in [5, 5.41) is 36.9. The van der Waals surface area contributed by atoms with Crippen molar-refractivity contribution in [3.63, 3.8) is 0 Å². The average molecular weight is 525 g/mol. The number of rotatable bonds is 8. The van der Waals surface area contributed by atoms with E-state index in [-0.39, 0.29) is 11.9 Å². The Morgan fingerprint density at radius 1 is 1.28 bits per heavy atom. The third kappa shape index (κ3) is 5.27. The Balaban J connectivity index is 1.62. The second kappa shape index (κ2) is 10.7. The molecule has 0 spiro atoms. The number of aliphatic hydroxyl groups is 3. The maximum Gasteiger partial charge on any atom is 0.359 e. The number of anilines is 1. The number of ether oxygens (including phenoxy) is 2. The van der Waals surface area contributed by atoms with Gasteiger partial charge in [-0.3, -0.25) is 4.57 Å². The molecule has 0 aromatic carbocycles. The van der Waals surface area contributed by atoms with Crippen molar-refractivity contribution >= 4 is 24.4 Å². The van der Waals surface area contributed by atoms with Crippen LogP contribution in [0.4, 0.5) is 5.82 Å². The summed E-state index contributed by atoms with van der Waals surface area (Å²) in [6.45, 7) is 1.52. The normalized spacial score (nSPS) is 26.6. The molecule has 13 nitrogen and oxygen atoms in total. The summed E-state index contributed by atoms with van der Waals surface area (Å²) in [4.78, 5) is 28.0. The Kier molecular flexibility index (Phi) is 7.99. The number of nitrogens with one attached hydrogen (secondary N) is 1. The highest BCUT2D eigenvalue weighted by molar-refractivity contribution is 7.53. The summed E-state index contributed by atoms with van der Waals surface area (Å²) in [7, 11) is -4.84. The van der Waals surface area contributed by atoms with E-state index in [0.717, 1.165) is 32.6 Å². The van der Waals surface area contributed by atoms with E-state index in [1.54, 1.807) is 6.20 Å². The van der Waals surface area contributed by atoms with E-state index in [2.05, 4.69) is 32.2 Å². The Morgan fingerprint density at radius 2 is 2.00 bits per heavy atom. The minimum atomic E-state index is -4.84. The van der Waals surface area contributed by atoms with Gasteiger partial charge in [-0.15, -0.1) is 0 Å². The lowest BCUT2D eigenvalue weighted by atomic mass is 10.1. The standard InChI is InChI=1S/C22H32N5O8P/c1-3-4-9-16-25-19(24-13-7-5-6-8-13)14-10-23-27(20(14)26-16)21-18(30)17(29)15(35-21)11-34-22(2,12-28)36(31,32)33/h10,13,15,17-18,21,28-30H,3,5-8,11-12H2,1-2H3,(H,24,25,26)(H2,31,32,33)/t15-,17-,18-,21-,22-/m1/s1. The van der Waals surface area contributed by atoms with E-state index < -0.39 is 50.7 Å². The lowest BCUT2D eigenvalue weighted by Gasteiger charge is -2.29. The molecule has 2 aromatic heterocycles. The molecular formula is C22H32N5O8P. The highest BCUT2D eigenvalue weighted by Gasteiger charge is 2.48. The van der Waals surface area contributed by atoms with Crippen molar-refractivity contribution in [2.45, 2.75) is 81.9 Å². The smallest absolute Gasteiger partial charge is 0.359 e. The molecule has 3 heterocycles. The highest BCUT2D eigenvalue weighted by atomic mass is 31.2. The van der Waals surface area contributed by atoms with Gasteiger partial charge < -0.3 is 39.9 Å². The molecule has 14 heteroatoms.